The number of anilines is 1. The van der Waals surface area contributed by atoms with E-state index in [1.807, 2.05) is 48.6 Å². The zero-order valence-electron chi connectivity index (χ0n) is 12.0. The normalized spacial score (nSPS) is 10.5. The predicted molar refractivity (Wildman–Crippen MR) is 96.5 cm³/mol. The fourth-order valence-electron chi connectivity index (χ4n) is 2.32. The predicted octanol–water partition coefficient (Wildman–Crippen LogP) is 5.37. The maximum atomic E-state index is 5.97. The Kier molecular flexibility index (Phi) is 4.57. The Hall–Kier alpha value is -2.80. The molecule has 0 amide bonds. The first-order valence-corrected chi connectivity index (χ1v) is 6.78. The van der Waals surface area contributed by atoms with Crippen molar-refractivity contribution in [2.24, 2.45) is 0 Å². The lowest BCUT2D eigenvalue weighted by atomic mass is 9.98. The number of benzene rings is 2. The van der Waals surface area contributed by atoms with Crippen LogP contribution in [0.5, 0.6) is 0 Å². The molecule has 0 saturated heterocycles. The number of rotatable bonds is 5. The van der Waals surface area contributed by atoms with Gasteiger partial charge in [0.1, 0.15) is 0 Å². The highest BCUT2D eigenvalue weighted by atomic mass is 14.6. The first-order chi connectivity index (χ1) is 10.2. The highest BCUT2D eigenvalue weighted by Crippen LogP contribution is 2.23. The number of hydrogen-bond donors (Lipinski definition) is 1. The second kappa shape index (κ2) is 6.58. The van der Waals surface area contributed by atoms with Gasteiger partial charge in [-0.25, -0.2) is 0 Å². The summed E-state index contributed by atoms with van der Waals surface area (Å²) in [6, 6.07) is 11.9. The van der Waals surface area contributed by atoms with E-state index in [0.717, 1.165) is 33.5 Å². The molecule has 2 rings (SSSR count). The standard InChI is InChI=1S/C20H19N/c1-4-15-9-7-10-16(18(15)5-2)13-14-17-11-8-12-20(21)19(17)6-3/h4-14H,1-3,21H2/b14-13+. The molecule has 0 saturated carbocycles. The second-order valence-corrected chi connectivity index (χ2v) is 4.65. The minimum absolute atomic E-state index is 0.732. The summed E-state index contributed by atoms with van der Waals surface area (Å²) in [7, 11) is 0. The van der Waals surface area contributed by atoms with Crippen LogP contribution in [0.15, 0.2) is 56.1 Å². The summed E-state index contributed by atoms with van der Waals surface area (Å²) in [5.41, 5.74) is 11.9. The van der Waals surface area contributed by atoms with E-state index in [0.29, 0.717) is 0 Å². The molecule has 0 bridgehead atoms. The third-order valence-electron chi connectivity index (χ3n) is 3.42. The van der Waals surface area contributed by atoms with Crippen LogP contribution in [0.2, 0.25) is 0 Å². The van der Waals surface area contributed by atoms with Crippen molar-refractivity contribution in [3.05, 3.63) is 84.0 Å². The molecular formula is C20H19N. The fraction of sp³-hybridized carbons (Fsp3) is 0. The van der Waals surface area contributed by atoms with E-state index >= 15 is 0 Å². The van der Waals surface area contributed by atoms with Gasteiger partial charge in [-0.3, -0.25) is 0 Å². The van der Waals surface area contributed by atoms with E-state index in [2.05, 4.69) is 31.9 Å². The molecule has 0 fully saturated rings. The number of nitrogens with two attached hydrogens (primary N) is 1. The summed E-state index contributed by atoms with van der Waals surface area (Å²) in [6.07, 6.45) is 9.58. The van der Waals surface area contributed by atoms with Crippen molar-refractivity contribution < 1.29 is 0 Å². The molecule has 0 heterocycles. The van der Waals surface area contributed by atoms with E-state index < -0.39 is 0 Å². The highest BCUT2D eigenvalue weighted by molar-refractivity contribution is 5.83. The SMILES string of the molecule is C=Cc1cccc(/C=C/c2cccc(N)c2C=C)c1C=C. The molecule has 0 radical (unpaired) electrons. The first kappa shape index (κ1) is 14.6. The minimum atomic E-state index is 0.732. The van der Waals surface area contributed by atoms with Crippen LogP contribution in [0.4, 0.5) is 5.69 Å². The molecule has 0 atom stereocenters. The Morgan fingerprint density at radius 2 is 1.19 bits per heavy atom. The van der Waals surface area contributed by atoms with E-state index in [1.165, 1.54) is 0 Å². The molecule has 104 valence electrons. The lowest BCUT2D eigenvalue weighted by Gasteiger charge is -2.07. The Labute approximate surface area is 126 Å². The van der Waals surface area contributed by atoms with Gasteiger partial charge < -0.3 is 5.73 Å². The summed E-state index contributed by atoms with van der Waals surface area (Å²) in [4.78, 5) is 0. The quantitative estimate of drug-likeness (QED) is 0.575. The van der Waals surface area contributed by atoms with Gasteiger partial charge in [-0.05, 0) is 28.3 Å². The molecule has 1 nitrogen and oxygen atoms in total. The zero-order chi connectivity index (χ0) is 15.2. The Balaban J connectivity index is 2.48. The maximum absolute atomic E-state index is 5.97. The van der Waals surface area contributed by atoms with Gasteiger partial charge in [-0.2, -0.15) is 0 Å². The second-order valence-electron chi connectivity index (χ2n) is 4.65. The van der Waals surface area contributed by atoms with Gasteiger partial charge in [0.25, 0.3) is 0 Å². The summed E-state index contributed by atoms with van der Waals surface area (Å²) >= 11 is 0. The summed E-state index contributed by atoms with van der Waals surface area (Å²) in [5.74, 6) is 0. The van der Waals surface area contributed by atoms with Crippen molar-refractivity contribution in [2.45, 2.75) is 0 Å². The van der Waals surface area contributed by atoms with Crippen molar-refractivity contribution >= 4 is 36.1 Å². The molecule has 0 unspecified atom stereocenters. The molecule has 0 aliphatic rings. The van der Waals surface area contributed by atoms with E-state index in [4.69, 9.17) is 5.73 Å². The molecule has 1 heteroatoms. The lowest BCUT2D eigenvalue weighted by molar-refractivity contribution is 1.57. The highest BCUT2D eigenvalue weighted by Gasteiger charge is 2.02. The van der Waals surface area contributed by atoms with Gasteiger partial charge in [0.15, 0.2) is 0 Å². The van der Waals surface area contributed by atoms with Gasteiger partial charge >= 0.3 is 0 Å². The molecule has 2 aromatic carbocycles. The third-order valence-corrected chi connectivity index (χ3v) is 3.42. The van der Waals surface area contributed by atoms with Crippen LogP contribution in [0, 0.1) is 0 Å². The largest absolute Gasteiger partial charge is 0.398 e. The van der Waals surface area contributed by atoms with Crippen LogP contribution in [0.1, 0.15) is 27.8 Å². The Morgan fingerprint density at radius 1 is 0.667 bits per heavy atom. The van der Waals surface area contributed by atoms with E-state index in [1.54, 1.807) is 6.08 Å². The van der Waals surface area contributed by atoms with Crippen molar-refractivity contribution in [1.29, 1.82) is 0 Å². The maximum Gasteiger partial charge on any atom is 0.0393 e. The number of hydrogen-bond acceptors (Lipinski definition) is 1. The van der Waals surface area contributed by atoms with Gasteiger partial charge in [-0.15, -0.1) is 0 Å². The van der Waals surface area contributed by atoms with Crippen LogP contribution >= 0.6 is 0 Å². The Morgan fingerprint density at radius 3 is 1.76 bits per heavy atom. The van der Waals surface area contributed by atoms with Gasteiger partial charge in [-0.1, -0.05) is 80.4 Å². The molecule has 0 spiro atoms. The number of nitrogen functional groups attached to an aromatic ring is 1. The van der Waals surface area contributed by atoms with Crippen LogP contribution in [-0.2, 0) is 0 Å². The topological polar surface area (TPSA) is 26.0 Å². The first-order valence-electron chi connectivity index (χ1n) is 6.78. The third kappa shape index (κ3) is 3.03. The molecule has 0 aromatic heterocycles. The van der Waals surface area contributed by atoms with Crippen LogP contribution in [-0.4, -0.2) is 0 Å². The van der Waals surface area contributed by atoms with E-state index in [-0.39, 0.29) is 0 Å². The van der Waals surface area contributed by atoms with Crippen molar-refractivity contribution in [3.63, 3.8) is 0 Å². The zero-order valence-corrected chi connectivity index (χ0v) is 12.0. The molecule has 21 heavy (non-hydrogen) atoms. The fourth-order valence-corrected chi connectivity index (χ4v) is 2.32. The molecule has 0 aliphatic heterocycles. The Bertz CT molecular complexity index is 721. The summed E-state index contributed by atoms with van der Waals surface area (Å²) in [6.45, 7) is 11.5. The van der Waals surface area contributed by atoms with Crippen molar-refractivity contribution in [2.75, 3.05) is 5.73 Å². The lowest BCUT2D eigenvalue weighted by Crippen LogP contribution is -1.91. The average Bonchev–Trinajstić information content (AvgIpc) is 2.52. The summed E-state index contributed by atoms with van der Waals surface area (Å²) < 4.78 is 0. The van der Waals surface area contributed by atoms with Gasteiger partial charge in [0.05, 0.1) is 0 Å². The van der Waals surface area contributed by atoms with Crippen molar-refractivity contribution in [3.8, 4) is 0 Å². The molecular weight excluding hydrogens is 254 g/mol. The summed E-state index contributed by atoms with van der Waals surface area (Å²) in [5, 5.41) is 0. The van der Waals surface area contributed by atoms with Gasteiger partial charge in [0, 0.05) is 11.3 Å². The molecule has 0 aliphatic carbocycles. The smallest absolute Gasteiger partial charge is 0.0393 e. The van der Waals surface area contributed by atoms with E-state index in [9.17, 15) is 0 Å². The monoisotopic (exact) mass is 273 g/mol. The minimum Gasteiger partial charge on any atom is -0.398 e. The van der Waals surface area contributed by atoms with Gasteiger partial charge in [0.2, 0.25) is 0 Å². The van der Waals surface area contributed by atoms with Crippen LogP contribution < -0.4 is 5.73 Å². The average molecular weight is 273 g/mol. The van der Waals surface area contributed by atoms with Crippen LogP contribution in [0.3, 0.4) is 0 Å². The van der Waals surface area contributed by atoms with Crippen LogP contribution in [0.25, 0.3) is 30.4 Å². The van der Waals surface area contributed by atoms with Crippen molar-refractivity contribution in [1.82, 2.24) is 0 Å². The molecule has 2 aromatic rings. The molecule has 2 N–H and O–H groups in total.